The molecule has 3 aromatic carbocycles. The first kappa shape index (κ1) is 24.6. The molecule has 192 valence electrons. The summed E-state index contributed by atoms with van der Waals surface area (Å²) >= 11 is 3.43. The molecular formula is C31H27BrN2O4. The van der Waals surface area contributed by atoms with Crippen LogP contribution in [-0.2, 0) is 9.59 Å². The van der Waals surface area contributed by atoms with E-state index in [0.717, 1.165) is 28.6 Å². The molecule has 0 aliphatic carbocycles. The Morgan fingerprint density at radius 3 is 2.37 bits per heavy atom. The number of halogens is 1. The summed E-state index contributed by atoms with van der Waals surface area (Å²) in [6, 6.07) is 20.8. The number of ether oxygens (including phenoxy) is 1. The minimum absolute atomic E-state index is 0.164. The van der Waals surface area contributed by atoms with E-state index >= 15 is 0 Å². The molecule has 0 unspecified atom stereocenters. The van der Waals surface area contributed by atoms with Crippen LogP contribution in [0.4, 0.5) is 11.4 Å². The number of Topliss-reactive ketones (excluding diaryl/α,β-unsaturated/α-hetero) is 1. The molecule has 3 aliphatic rings. The number of nitrogens with zero attached hydrogens (tertiary/aromatic N) is 2. The number of amides is 2. The normalized spacial score (nSPS) is 23.3. The van der Waals surface area contributed by atoms with E-state index in [0.29, 0.717) is 23.6 Å². The van der Waals surface area contributed by atoms with Crippen molar-refractivity contribution in [3.8, 4) is 5.75 Å². The lowest BCUT2D eigenvalue weighted by Gasteiger charge is -2.36. The molecule has 7 heteroatoms. The molecule has 0 bridgehead atoms. The van der Waals surface area contributed by atoms with Crippen LogP contribution in [0.3, 0.4) is 0 Å². The smallest absolute Gasteiger partial charge is 0.240 e. The zero-order valence-electron chi connectivity index (χ0n) is 20.9. The lowest BCUT2D eigenvalue weighted by atomic mass is 9.86. The number of para-hydroxylation sites is 1. The van der Waals surface area contributed by atoms with Crippen LogP contribution in [0.5, 0.6) is 5.75 Å². The van der Waals surface area contributed by atoms with Gasteiger partial charge >= 0.3 is 0 Å². The van der Waals surface area contributed by atoms with Gasteiger partial charge in [0, 0.05) is 15.7 Å². The molecule has 4 atom stereocenters. The number of rotatable bonds is 7. The van der Waals surface area contributed by atoms with Gasteiger partial charge in [0.1, 0.15) is 11.8 Å². The molecule has 0 radical (unpaired) electrons. The monoisotopic (exact) mass is 570 g/mol. The van der Waals surface area contributed by atoms with Crippen molar-refractivity contribution in [2.75, 3.05) is 16.4 Å². The molecule has 0 spiro atoms. The number of hydrogen-bond acceptors (Lipinski definition) is 5. The first-order chi connectivity index (χ1) is 18.5. The van der Waals surface area contributed by atoms with Gasteiger partial charge in [0.25, 0.3) is 0 Å². The van der Waals surface area contributed by atoms with E-state index in [4.69, 9.17) is 4.74 Å². The van der Waals surface area contributed by atoms with E-state index < -0.39 is 23.9 Å². The van der Waals surface area contributed by atoms with Gasteiger partial charge in [-0.25, -0.2) is 4.90 Å². The second-order valence-electron chi connectivity index (χ2n) is 9.89. The van der Waals surface area contributed by atoms with Gasteiger partial charge < -0.3 is 9.64 Å². The molecule has 0 aromatic heterocycles. The predicted molar refractivity (Wildman–Crippen MR) is 150 cm³/mol. The van der Waals surface area contributed by atoms with Gasteiger partial charge in [-0.3, -0.25) is 14.4 Å². The minimum atomic E-state index is -0.796. The van der Waals surface area contributed by atoms with Gasteiger partial charge in [0.15, 0.2) is 5.78 Å². The molecule has 3 aliphatic heterocycles. The maximum absolute atomic E-state index is 14.1. The average molecular weight is 571 g/mol. The van der Waals surface area contributed by atoms with Crippen LogP contribution in [0.2, 0.25) is 0 Å². The fraction of sp³-hybridized carbons (Fsp3) is 0.258. The molecule has 3 heterocycles. The third-order valence-electron chi connectivity index (χ3n) is 7.67. The van der Waals surface area contributed by atoms with E-state index in [2.05, 4.69) is 22.9 Å². The van der Waals surface area contributed by atoms with E-state index in [1.165, 1.54) is 4.90 Å². The van der Waals surface area contributed by atoms with Gasteiger partial charge in [-0.2, -0.15) is 0 Å². The van der Waals surface area contributed by atoms with Crippen molar-refractivity contribution in [3.05, 3.63) is 94.5 Å². The number of imide groups is 1. The number of unbranched alkanes of at least 4 members (excludes halogenated alkanes) is 1. The fourth-order valence-electron chi connectivity index (χ4n) is 5.88. The van der Waals surface area contributed by atoms with E-state index in [-0.39, 0.29) is 17.6 Å². The number of carbonyl (C=O) groups is 3. The third-order valence-corrected chi connectivity index (χ3v) is 8.20. The predicted octanol–water partition coefficient (Wildman–Crippen LogP) is 5.90. The highest BCUT2D eigenvalue weighted by Crippen LogP contribution is 2.49. The highest BCUT2D eigenvalue weighted by Gasteiger charge is 2.64. The number of anilines is 2. The summed E-state index contributed by atoms with van der Waals surface area (Å²) in [5, 5.41) is 0. The van der Waals surface area contributed by atoms with Crippen molar-refractivity contribution in [3.63, 3.8) is 0 Å². The van der Waals surface area contributed by atoms with E-state index in [9.17, 15) is 14.4 Å². The average Bonchev–Trinajstić information content (AvgIpc) is 3.42. The molecule has 3 aromatic rings. The summed E-state index contributed by atoms with van der Waals surface area (Å²) in [6.07, 6.45) is 5.95. The molecule has 2 amide bonds. The van der Waals surface area contributed by atoms with Crippen molar-refractivity contribution in [2.24, 2.45) is 11.8 Å². The SMILES string of the molecule is CCCCOc1ccc(N2C(=O)[C@@H]3[C@@H](C2=O)[C@@H](C(=O)c2ccc(Br)cc2)N2c4ccccc4C=C[C@H]32)cc1. The Morgan fingerprint density at radius 2 is 1.63 bits per heavy atom. The van der Waals surface area contributed by atoms with E-state index in [1.807, 2.05) is 53.5 Å². The minimum Gasteiger partial charge on any atom is -0.494 e. The number of ketones is 1. The van der Waals surface area contributed by atoms with Crippen molar-refractivity contribution in [1.82, 2.24) is 0 Å². The Bertz CT molecular complexity index is 1430. The van der Waals surface area contributed by atoms with E-state index in [1.54, 1.807) is 36.4 Å². The standard InChI is InChI=1S/C31H27BrN2O4/c1-2-3-18-38-23-15-13-22(14-16-23)33-30(36)26-25-17-10-19-6-4-5-7-24(19)34(25)28(27(26)31(33)37)29(35)20-8-11-21(32)12-9-20/h4-17,25-28H,2-3,18H2,1H3/t25-,26+,27-,28+/m1/s1. The first-order valence-corrected chi connectivity index (χ1v) is 13.7. The van der Waals surface area contributed by atoms with Crippen molar-refractivity contribution in [1.29, 1.82) is 0 Å². The van der Waals surface area contributed by atoms with Gasteiger partial charge in [-0.15, -0.1) is 0 Å². The van der Waals surface area contributed by atoms with Crippen molar-refractivity contribution in [2.45, 2.75) is 31.8 Å². The maximum atomic E-state index is 14.1. The van der Waals surface area contributed by atoms with Crippen molar-refractivity contribution >= 4 is 51.0 Å². The number of carbonyl (C=O) groups excluding carboxylic acids is 3. The van der Waals surface area contributed by atoms with Crippen LogP contribution in [0.15, 0.2) is 83.3 Å². The van der Waals surface area contributed by atoms with Crippen LogP contribution in [-0.4, -0.2) is 36.3 Å². The van der Waals surface area contributed by atoms with Crippen LogP contribution in [0.25, 0.3) is 6.08 Å². The van der Waals surface area contributed by atoms with Gasteiger partial charge in [-0.05, 0) is 54.4 Å². The quantitative estimate of drug-likeness (QED) is 0.201. The molecule has 0 N–H and O–H groups in total. The molecule has 2 saturated heterocycles. The number of hydrogen-bond donors (Lipinski definition) is 0. The molecule has 6 rings (SSSR count). The molecule has 6 nitrogen and oxygen atoms in total. The largest absolute Gasteiger partial charge is 0.494 e. The summed E-state index contributed by atoms with van der Waals surface area (Å²) in [5.74, 6) is -1.53. The van der Waals surface area contributed by atoms with Crippen LogP contribution < -0.4 is 14.5 Å². The van der Waals surface area contributed by atoms with Gasteiger partial charge in [-0.1, -0.05) is 71.8 Å². The lowest BCUT2D eigenvalue weighted by molar-refractivity contribution is -0.122. The Labute approximate surface area is 230 Å². The summed E-state index contributed by atoms with van der Waals surface area (Å²) < 4.78 is 6.61. The fourth-order valence-corrected chi connectivity index (χ4v) is 6.14. The van der Waals surface area contributed by atoms with Gasteiger partial charge in [0.05, 0.1) is 30.2 Å². The lowest BCUT2D eigenvalue weighted by Crippen LogP contribution is -2.48. The Hall–Kier alpha value is -3.71. The third kappa shape index (κ3) is 3.97. The van der Waals surface area contributed by atoms with Crippen LogP contribution >= 0.6 is 15.9 Å². The number of fused-ring (bicyclic) bond motifs is 5. The highest BCUT2D eigenvalue weighted by molar-refractivity contribution is 9.10. The van der Waals surface area contributed by atoms with Crippen LogP contribution in [0.1, 0.15) is 35.7 Å². The topological polar surface area (TPSA) is 66.9 Å². The molecular weight excluding hydrogens is 544 g/mol. The Kier molecular flexibility index (Phi) is 6.40. The van der Waals surface area contributed by atoms with Gasteiger partial charge in [0.2, 0.25) is 11.8 Å². The molecule has 2 fully saturated rings. The summed E-state index contributed by atoms with van der Waals surface area (Å²) in [4.78, 5) is 45.2. The zero-order chi connectivity index (χ0) is 26.4. The second kappa shape index (κ2) is 9.87. The highest BCUT2D eigenvalue weighted by atomic mass is 79.9. The van der Waals surface area contributed by atoms with Crippen molar-refractivity contribution < 1.29 is 19.1 Å². The Balaban J connectivity index is 1.38. The summed E-state index contributed by atoms with van der Waals surface area (Å²) in [5.41, 5.74) is 2.84. The second-order valence-corrected chi connectivity index (χ2v) is 10.8. The first-order valence-electron chi connectivity index (χ1n) is 13.0. The van der Waals surface area contributed by atoms with Crippen LogP contribution in [0, 0.1) is 11.8 Å². The number of benzene rings is 3. The summed E-state index contributed by atoms with van der Waals surface area (Å²) in [6.45, 7) is 2.72. The molecule has 38 heavy (non-hydrogen) atoms. The maximum Gasteiger partial charge on any atom is 0.240 e. The Morgan fingerprint density at radius 1 is 0.921 bits per heavy atom. The molecule has 0 saturated carbocycles. The zero-order valence-corrected chi connectivity index (χ0v) is 22.5. The summed E-state index contributed by atoms with van der Waals surface area (Å²) in [7, 11) is 0.